The summed E-state index contributed by atoms with van der Waals surface area (Å²) < 4.78 is 5.42. The number of phenolic OH excluding ortho intramolecular Hbond substituents is 1. The molecule has 5 nitrogen and oxygen atoms in total. The first-order valence-electron chi connectivity index (χ1n) is 6.84. The minimum Gasteiger partial charge on any atom is -0.504 e. The number of rotatable bonds is 4. The molecule has 0 atom stereocenters. The van der Waals surface area contributed by atoms with Crippen molar-refractivity contribution < 1.29 is 14.6 Å². The van der Waals surface area contributed by atoms with E-state index in [9.17, 15) is 9.90 Å². The van der Waals surface area contributed by atoms with Crippen LogP contribution in [0.4, 0.5) is 5.69 Å². The number of carbonyl (C=O) groups is 1. The lowest BCUT2D eigenvalue weighted by molar-refractivity contribution is -0.121. The van der Waals surface area contributed by atoms with Crippen molar-refractivity contribution in [3.8, 4) is 11.5 Å². The zero-order valence-corrected chi connectivity index (χ0v) is 14.9. The van der Waals surface area contributed by atoms with Crippen LogP contribution in [0, 0.1) is 6.92 Å². The van der Waals surface area contributed by atoms with E-state index in [0.29, 0.717) is 10.8 Å². The van der Waals surface area contributed by atoms with Crippen LogP contribution in [-0.4, -0.2) is 22.7 Å². The smallest absolute Gasteiger partial charge is 0.264 e. The van der Waals surface area contributed by atoms with E-state index in [2.05, 4.69) is 10.6 Å². The van der Waals surface area contributed by atoms with Gasteiger partial charge in [-0.1, -0.05) is 41.4 Å². The Kier molecular flexibility index (Phi) is 6.25. The highest BCUT2D eigenvalue weighted by Gasteiger charge is 2.11. The number of carbonyl (C=O) groups excluding carboxylic acids is 1. The molecule has 0 aliphatic rings. The summed E-state index contributed by atoms with van der Waals surface area (Å²) in [6.07, 6.45) is 0. The van der Waals surface area contributed by atoms with Crippen LogP contribution in [0.25, 0.3) is 0 Å². The lowest BCUT2D eigenvalue weighted by atomic mass is 10.2. The van der Waals surface area contributed by atoms with Crippen LogP contribution in [0.5, 0.6) is 11.5 Å². The van der Waals surface area contributed by atoms with Gasteiger partial charge in [0.15, 0.2) is 17.5 Å². The average molecular weight is 385 g/mol. The second-order valence-electron chi connectivity index (χ2n) is 4.84. The number of hydrogen-bond acceptors (Lipinski definition) is 4. The average Bonchev–Trinajstić information content (AvgIpc) is 2.51. The van der Waals surface area contributed by atoms with Gasteiger partial charge in [-0.2, -0.15) is 0 Å². The molecule has 0 radical (unpaired) electrons. The predicted molar refractivity (Wildman–Crippen MR) is 99.2 cm³/mol. The maximum Gasteiger partial charge on any atom is 0.264 e. The normalized spacial score (nSPS) is 10.1. The molecule has 24 heavy (non-hydrogen) atoms. The highest BCUT2D eigenvalue weighted by Crippen LogP contribution is 2.34. The van der Waals surface area contributed by atoms with Crippen LogP contribution in [0.1, 0.15) is 5.56 Å². The van der Waals surface area contributed by atoms with E-state index in [0.717, 1.165) is 5.56 Å². The van der Waals surface area contributed by atoms with Gasteiger partial charge in [-0.25, -0.2) is 0 Å². The third kappa shape index (κ3) is 4.99. The molecule has 0 bridgehead atoms. The molecule has 2 aromatic carbocycles. The molecule has 8 heteroatoms. The zero-order chi connectivity index (χ0) is 17.7. The van der Waals surface area contributed by atoms with Gasteiger partial charge in [-0.3, -0.25) is 10.1 Å². The quantitative estimate of drug-likeness (QED) is 0.550. The number of anilines is 1. The summed E-state index contributed by atoms with van der Waals surface area (Å²) in [5, 5.41) is 15.3. The third-order valence-electron chi connectivity index (χ3n) is 2.98. The number of hydrogen-bond donors (Lipinski definition) is 3. The molecule has 0 aromatic heterocycles. The number of halogens is 2. The van der Waals surface area contributed by atoms with E-state index in [1.54, 1.807) is 6.07 Å². The molecular weight excluding hydrogens is 371 g/mol. The predicted octanol–water partition coefficient (Wildman–Crippen LogP) is 3.90. The van der Waals surface area contributed by atoms with E-state index in [1.807, 2.05) is 25.1 Å². The van der Waals surface area contributed by atoms with Crippen molar-refractivity contribution in [1.82, 2.24) is 5.32 Å². The van der Waals surface area contributed by atoms with Crippen LogP contribution >= 0.6 is 35.4 Å². The summed E-state index contributed by atoms with van der Waals surface area (Å²) in [4.78, 5) is 11.9. The number of para-hydroxylation sites is 1. The van der Waals surface area contributed by atoms with E-state index < -0.39 is 5.91 Å². The SMILES string of the molecule is Cc1ccccc1OCC(=O)NC(=S)Nc1cc(Cl)cc(Cl)c1O. The van der Waals surface area contributed by atoms with E-state index in [-0.39, 0.29) is 28.2 Å². The van der Waals surface area contributed by atoms with Gasteiger partial charge in [0.2, 0.25) is 0 Å². The maximum atomic E-state index is 11.9. The number of thiocarbonyl (C=S) groups is 1. The minimum atomic E-state index is -0.441. The van der Waals surface area contributed by atoms with Crippen LogP contribution in [0.15, 0.2) is 36.4 Å². The second kappa shape index (κ2) is 8.19. The fourth-order valence-corrected chi connectivity index (χ4v) is 2.56. The summed E-state index contributed by atoms with van der Waals surface area (Å²) in [6.45, 7) is 1.68. The molecule has 0 saturated heterocycles. The molecule has 0 unspecified atom stereocenters. The Morgan fingerprint density at radius 3 is 2.71 bits per heavy atom. The number of ether oxygens (including phenoxy) is 1. The zero-order valence-electron chi connectivity index (χ0n) is 12.6. The number of amides is 1. The van der Waals surface area contributed by atoms with Gasteiger partial charge >= 0.3 is 0 Å². The first-order chi connectivity index (χ1) is 11.4. The fraction of sp³-hybridized carbons (Fsp3) is 0.125. The monoisotopic (exact) mass is 384 g/mol. The van der Waals surface area contributed by atoms with Gasteiger partial charge in [0, 0.05) is 5.02 Å². The van der Waals surface area contributed by atoms with Gasteiger partial charge < -0.3 is 15.2 Å². The third-order valence-corrected chi connectivity index (χ3v) is 3.69. The Balaban J connectivity index is 1.90. The minimum absolute atomic E-state index is 0.0120. The van der Waals surface area contributed by atoms with Gasteiger partial charge in [0.1, 0.15) is 5.75 Å². The summed E-state index contributed by atoms with van der Waals surface area (Å²) in [5.74, 6) is -0.0389. The molecule has 0 saturated carbocycles. The molecule has 0 heterocycles. The summed E-state index contributed by atoms with van der Waals surface area (Å²) in [7, 11) is 0. The molecule has 0 aliphatic heterocycles. The van der Waals surface area contributed by atoms with E-state index in [4.69, 9.17) is 40.2 Å². The number of phenols is 1. The number of aromatic hydroxyl groups is 1. The van der Waals surface area contributed by atoms with Gasteiger partial charge in [-0.05, 0) is 42.9 Å². The largest absolute Gasteiger partial charge is 0.504 e. The molecule has 2 rings (SSSR count). The van der Waals surface area contributed by atoms with Crippen molar-refractivity contribution in [2.24, 2.45) is 0 Å². The maximum absolute atomic E-state index is 11.9. The molecule has 0 spiro atoms. The molecular formula is C16H14Cl2N2O3S. The van der Waals surface area contributed by atoms with Crippen LogP contribution in [0.2, 0.25) is 10.0 Å². The van der Waals surface area contributed by atoms with E-state index in [1.165, 1.54) is 12.1 Å². The highest BCUT2D eigenvalue weighted by molar-refractivity contribution is 7.80. The molecule has 0 fully saturated rings. The molecule has 0 aliphatic carbocycles. The number of aryl methyl sites for hydroxylation is 1. The van der Waals surface area contributed by atoms with Crippen LogP contribution in [0.3, 0.4) is 0 Å². The summed E-state index contributed by atoms with van der Waals surface area (Å²) in [5.41, 5.74) is 1.11. The lowest BCUT2D eigenvalue weighted by Crippen LogP contribution is -2.37. The first kappa shape index (κ1) is 18.3. The van der Waals surface area contributed by atoms with Gasteiger partial charge in [-0.15, -0.1) is 0 Å². The van der Waals surface area contributed by atoms with Crippen molar-refractivity contribution in [3.05, 3.63) is 52.0 Å². The highest BCUT2D eigenvalue weighted by atomic mass is 35.5. The number of nitrogens with one attached hydrogen (secondary N) is 2. The van der Waals surface area contributed by atoms with Crippen LogP contribution in [-0.2, 0) is 4.79 Å². The van der Waals surface area contributed by atoms with Crippen molar-refractivity contribution >= 4 is 52.1 Å². The Morgan fingerprint density at radius 1 is 1.29 bits per heavy atom. The summed E-state index contributed by atoms with van der Waals surface area (Å²) >= 11 is 16.7. The Bertz CT molecular complexity index is 784. The van der Waals surface area contributed by atoms with Crippen molar-refractivity contribution in [3.63, 3.8) is 0 Å². The molecule has 2 aromatic rings. The van der Waals surface area contributed by atoms with Gasteiger partial charge in [0.05, 0.1) is 10.7 Å². The molecule has 126 valence electrons. The Morgan fingerprint density at radius 2 is 2.00 bits per heavy atom. The van der Waals surface area contributed by atoms with E-state index >= 15 is 0 Å². The van der Waals surface area contributed by atoms with Crippen molar-refractivity contribution in [2.45, 2.75) is 6.92 Å². The lowest BCUT2D eigenvalue weighted by Gasteiger charge is -2.13. The van der Waals surface area contributed by atoms with Gasteiger partial charge in [0.25, 0.3) is 5.91 Å². The second-order valence-corrected chi connectivity index (χ2v) is 6.09. The number of benzene rings is 2. The van der Waals surface area contributed by atoms with Crippen LogP contribution < -0.4 is 15.4 Å². The fourth-order valence-electron chi connectivity index (χ4n) is 1.84. The summed E-state index contributed by atoms with van der Waals surface area (Å²) in [6, 6.07) is 10.2. The Labute approximate surface area is 154 Å². The molecule has 3 N–H and O–H groups in total. The molecule has 1 amide bonds. The Hall–Kier alpha value is -2.02. The topological polar surface area (TPSA) is 70.6 Å². The van der Waals surface area contributed by atoms with Crippen molar-refractivity contribution in [2.75, 3.05) is 11.9 Å². The standard InChI is InChI=1S/C16H14Cl2N2O3S/c1-9-4-2-3-5-13(9)23-8-14(21)20-16(24)19-12-7-10(17)6-11(18)15(12)22/h2-7,22H,8H2,1H3,(H2,19,20,21,24). The first-order valence-corrected chi connectivity index (χ1v) is 8.00. The van der Waals surface area contributed by atoms with Crippen molar-refractivity contribution in [1.29, 1.82) is 0 Å².